The third-order valence-electron chi connectivity index (χ3n) is 2.80. The number of rotatable bonds is 2. The molecule has 6 nitrogen and oxygen atoms in total. The van der Waals surface area contributed by atoms with E-state index in [0.717, 1.165) is 16.7 Å². The number of carbonyl (C=O) groups is 2. The monoisotopic (exact) mass is 235 g/mol. The first-order valence-corrected chi connectivity index (χ1v) is 5.53. The first-order valence-electron chi connectivity index (χ1n) is 5.53. The molecule has 0 radical (unpaired) electrons. The molecule has 1 saturated heterocycles. The summed E-state index contributed by atoms with van der Waals surface area (Å²) in [5.74, 6) is -0.760. The third kappa shape index (κ3) is 2.25. The molecule has 0 spiro atoms. The van der Waals surface area contributed by atoms with E-state index in [2.05, 4.69) is 10.4 Å². The largest absolute Gasteiger partial charge is 0.295 e. The minimum Gasteiger partial charge on any atom is -0.295 e. The van der Waals surface area contributed by atoms with Gasteiger partial charge in [-0.3, -0.25) is 19.7 Å². The summed E-state index contributed by atoms with van der Waals surface area (Å²) in [6.45, 7) is 1.92. The Morgan fingerprint density at radius 3 is 2.82 bits per heavy atom. The molecule has 1 unspecified atom stereocenters. The van der Waals surface area contributed by atoms with Gasteiger partial charge in [0.05, 0.1) is 6.20 Å². The fourth-order valence-electron chi connectivity index (χ4n) is 1.80. The lowest BCUT2D eigenvalue weighted by atomic mass is 10.1. The zero-order valence-corrected chi connectivity index (χ0v) is 9.47. The average Bonchev–Trinajstić information content (AvgIpc) is 2.30. The fraction of sp³-hybridized carbons (Fsp3) is 0.455. The van der Waals surface area contributed by atoms with Gasteiger partial charge in [-0.05, 0) is 18.4 Å². The van der Waals surface area contributed by atoms with E-state index in [1.54, 1.807) is 6.20 Å². The van der Waals surface area contributed by atoms with Crippen molar-refractivity contribution in [2.75, 3.05) is 0 Å². The molecule has 2 amide bonds. The summed E-state index contributed by atoms with van der Waals surface area (Å²) in [4.78, 5) is 34.3. The van der Waals surface area contributed by atoms with Crippen molar-refractivity contribution in [3.05, 3.63) is 28.2 Å². The molecule has 1 fully saturated rings. The summed E-state index contributed by atoms with van der Waals surface area (Å²) in [6, 6.07) is 0.794. The summed E-state index contributed by atoms with van der Waals surface area (Å²) in [6.07, 6.45) is 2.85. The number of hydrogen-bond donors (Lipinski definition) is 1. The van der Waals surface area contributed by atoms with Crippen molar-refractivity contribution >= 4 is 11.8 Å². The van der Waals surface area contributed by atoms with E-state index < -0.39 is 11.9 Å². The predicted octanol–water partition coefficient (Wildman–Crippen LogP) is -0.217. The maximum absolute atomic E-state index is 11.8. The third-order valence-corrected chi connectivity index (χ3v) is 2.80. The van der Waals surface area contributed by atoms with Gasteiger partial charge < -0.3 is 0 Å². The maximum Gasteiger partial charge on any atom is 0.267 e. The molecule has 0 aromatic carbocycles. The highest BCUT2D eigenvalue weighted by atomic mass is 16.2. The highest BCUT2D eigenvalue weighted by Gasteiger charge is 2.29. The van der Waals surface area contributed by atoms with E-state index in [0.29, 0.717) is 6.42 Å². The molecule has 1 N–H and O–H groups in total. The molecule has 1 aromatic heterocycles. The molecule has 2 heterocycles. The maximum atomic E-state index is 11.8. The number of carbonyl (C=O) groups excluding carboxylic acids is 2. The van der Waals surface area contributed by atoms with Crippen molar-refractivity contribution in [3.63, 3.8) is 0 Å². The molecule has 1 aliphatic heterocycles. The highest BCUT2D eigenvalue weighted by Crippen LogP contribution is 2.15. The molecule has 2 rings (SSSR count). The Hall–Kier alpha value is -1.98. The number of piperidine rings is 1. The number of amides is 2. The molecule has 0 saturated carbocycles. The van der Waals surface area contributed by atoms with Gasteiger partial charge in [-0.1, -0.05) is 6.92 Å². The Labute approximate surface area is 97.6 Å². The second-order valence-electron chi connectivity index (χ2n) is 3.97. The van der Waals surface area contributed by atoms with Crippen LogP contribution in [0.5, 0.6) is 0 Å². The predicted molar refractivity (Wildman–Crippen MR) is 59.3 cm³/mol. The summed E-state index contributed by atoms with van der Waals surface area (Å²) in [5.41, 5.74) is 0.525. The summed E-state index contributed by atoms with van der Waals surface area (Å²) in [5, 5.41) is 6.19. The van der Waals surface area contributed by atoms with Crippen LogP contribution in [0.4, 0.5) is 0 Å². The number of nitrogens with one attached hydrogen (secondary N) is 1. The Morgan fingerprint density at radius 1 is 1.47 bits per heavy atom. The van der Waals surface area contributed by atoms with Crippen LogP contribution in [0.3, 0.4) is 0 Å². The van der Waals surface area contributed by atoms with Gasteiger partial charge in [-0.2, -0.15) is 5.10 Å². The first-order chi connectivity index (χ1) is 8.11. The summed E-state index contributed by atoms with van der Waals surface area (Å²) >= 11 is 0. The lowest BCUT2D eigenvalue weighted by Crippen LogP contribution is -2.45. The summed E-state index contributed by atoms with van der Waals surface area (Å²) in [7, 11) is 0. The van der Waals surface area contributed by atoms with Crippen LogP contribution in [0.1, 0.15) is 31.4 Å². The second kappa shape index (κ2) is 4.48. The van der Waals surface area contributed by atoms with Crippen LogP contribution in [0.15, 0.2) is 17.1 Å². The van der Waals surface area contributed by atoms with Gasteiger partial charge in [0.1, 0.15) is 6.04 Å². The van der Waals surface area contributed by atoms with Crippen molar-refractivity contribution < 1.29 is 9.59 Å². The molecule has 90 valence electrons. The summed E-state index contributed by atoms with van der Waals surface area (Å²) < 4.78 is 1.14. The van der Waals surface area contributed by atoms with Crippen molar-refractivity contribution in [2.45, 2.75) is 32.2 Å². The number of imide groups is 1. The van der Waals surface area contributed by atoms with E-state index in [1.807, 2.05) is 6.92 Å². The Bertz CT molecular complexity index is 521. The number of hydrogen-bond acceptors (Lipinski definition) is 4. The second-order valence-corrected chi connectivity index (χ2v) is 3.97. The fourth-order valence-corrected chi connectivity index (χ4v) is 1.80. The van der Waals surface area contributed by atoms with Gasteiger partial charge in [0.25, 0.3) is 11.5 Å². The van der Waals surface area contributed by atoms with E-state index >= 15 is 0 Å². The molecule has 6 heteroatoms. The highest BCUT2D eigenvalue weighted by molar-refractivity contribution is 5.99. The topological polar surface area (TPSA) is 81.1 Å². The van der Waals surface area contributed by atoms with Gasteiger partial charge >= 0.3 is 0 Å². The van der Waals surface area contributed by atoms with Gasteiger partial charge in [0.15, 0.2) is 0 Å². The quantitative estimate of drug-likeness (QED) is 0.719. The molecular weight excluding hydrogens is 222 g/mol. The molecular formula is C11H13N3O3. The van der Waals surface area contributed by atoms with Gasteiger partial charge in [0.2, 0.25) is 5.91 Å². The van der Waals surface area contributed by atoms with Crippen molar-refractivity contribution in [2.24, 2.45) is 0 Å². The molecule has 1 atom stereocenters. The average molecular weight is 235 g/mol. The van der Waals surface area contributed by atoms with Crippen LogP contribution in [-0.2, 0) is 16.0 Å². The number of aromatic nitrogens is 2. The molecule has 17 heavy (non-hydrogen) atoms. The van der Waals surface area contributed by atoms with E-state index in [1.165, 1.54) is 6.07 Å². The SMILES string of the molecule is CCc1cnn(C2CCC(=O)NC2=O)c(=O)c1. The van der Waals surface area contributed by atoms with E-state index in [9.17, 15) is 14.4 Å². The zero-order chi connectivity index (χ0) is 12.4. The minimum atomic E-state index is -0.675. The molecule has 0 bridgehead atoms. The smallest absolute Gasteiger partial charge is 0.267 e. The van der Waals surface area contributed by atoms with Crippen molar-refractivity contribution in [1.29, 1.82) is 0 Å². The van der Waals surface area contributed by atoms with Crippen LogP contribution in [-0.4, -0.2) is 21.6 Å². The Balaban J connectivity index is 2.31. The normalized spacial score (nSPS) is 20.2. The Kier molecular flexibility index (Phi) is 3.03. The van der Waals surface area contributed by atoms with E-state index in [-0.39, 0.29) is 17.9 Å². The van der Waals surface area contributed by atoms with E-state index in [4.69, 9.17) is 0 Å². The first kappa shape index (κ1) is 11.5. The Morgan fingerprint density at radius 2 is 2.24 bits per heavy atom. The minimum absolute atomic E-state index is 0.236. The van der Waals surface area contributed by atoms with Crippen molar-refractivity contribution in [1.82, 2.24) is 15.1 Å². The number of nitrogens with zero attached hydrogens (tertiary/aromatic N) is 2. The molecule has 0 aliphatic carbocycles. The number of aryl methyl sites for hydroxylation is 1. The van der Waals surface area contributed by atoms with Gasteiger partial charge in [0, 0.05) is 12.5 Å². The van der Waals surface area contributed by atoms with Crippen LogP contribution in [0, 0.1) is 0 Å². The van der Waals surface area contributed by atoms with Gasteiger partial charge in [-0.15, -0.1) is 0 Å². The van der Waals surface area contributed by atoms with Crippen molar-refractivity contribution in [3.8, 4) is 0 Å². The lowest BCUT2D eigenvalue weighted by Gasteiger charge is -2.21. The van der Waals surface area contributed by atoms with Crippen LogP contribution < -0.4 is 10.9 Å². The van der Waals surface area contributed by atoms with Gasteiger partial charge in [-0.25, -0.2) is 4.68 Å². The van der Waals surface area contributed by atoms with Crippen LogP contribution >= 0.6 is 0 Å². The molecule has 1 aliphatic rings. The van der Waals surface area contributed by atoms with Crippen LogP contribution in [0.2, 0.25) is 0 Å². The van der Waals surface area contributed by atoms with Crippen LogP contribution in [0.25, 0.3) is 0 Å². The zero-order valence-electron chi connectivity index (χ0n) is 9.47. The lowest BCUT2D eigenvalue weighted by molar-refractivity contribution is -0.136. The standard InChI is InChI=1S/C11H13N3O3/c1-2-7-5-10(16)14(12-6-7)8-3-4-9(15)13-11(8)17/h5-6,8H,2-4H2,1H3,(H,13,15,17). The molecule has 1 aromatic rings.